The Labute approximate surface area is 168 Å². The third-order valence-electron chi connectivity index (χ3n) is 4.76. The van der Waals surface area contributed by atoms with Gasteiger partial charge in [-0.15, -0.1) is 22.7 Å². The van der Waals surface area contributed by atoms with E-state index in [4.69, 9.17) is 4.74 Å². The number of hydrogen-bond acceptors (Lipinski definition) is 3. The van der Waals surface area contributed by atoms with Crippen LogP contribution in [0.2, 0.25) is 0 Å². The van der Waals surface area contributed by atoms with E-state index in [2.05, 4.69) is 85.3 Å². The number of thiophene rings is 2. The van der Waals surface area contributed by atoms with Crippen LogP contribution in [-0.2, 0) is 12.8 Å². The second-order valence-corrected chi connectivity index (χ2v) is 8.48. The van der Waals surface area contributed by atoms with E-state index in [0.717, 1.165) is 23.0 Å². The highest BCUT2D eigenvalue weighted by molar-refractivity contribution is 7.13. The zero-order chi connectivity index (χ0) is 18.6. The second-order valence-electron chi connectivity index (χ2n) is 6.80. The molecule has 3 heteroatoms. The van der Waals surface area contributed by atoms with Gasteiger partial charge in [-0.3, -0.25) is 0 Å². The third-order valence-corrected chi connectivity index (χ3v) is 6.79. The maximum absolute atomic E-state index is 6.46. The van der Waals surface area contributed by atoms with Crippen molar-refractivity contribution in [2.75, 3.05) is 0 Å². The summed E-state index contributed by atoms with van der Waals surface area (Å²) in [6, 6.07) is 21.2. The highest BCUT2D eigenvalue weighted by atomic mass is 32.1. The molecule has 0 amide bonds. The van der Waals surface area contributed by atoms with Crippen LogP contribution in [0, 0.1) is 13.8 Å². The highest BCUT2D eigenvalue weighted by Gasteiger charge is 2.16. The Morgan fingerprint density at radius 3 is 1.44 bits per heavy atom. The molecule has 0 atom stereocenters. The van der Waals surface area contributed by atoms with Gasteiger partial charge in [0.25, 0.3) is 0 Å². The molecule has 0 aliphatic heterocycles. The number of ether oxygens (including phenoxy) is 1. The average molecular weight is 391 g/mol. The van der Waals surface area contributed by atoms with E-state index < -0.39 is 0 Å². The minimum Gasteiger partial charge on any atom is -0.435 e. The Hall–Kier alpha value is -2.36. The fraction of sp³-hybridized carbons (Fsp3) is 0.167. The third kappa shape index (κ3) is 4.15. The first kappa shape index (κ1) is 18.0. The van der Waals surface area contributed by atoms with Crippen LogP contribution >= 0.6 is 22.7 Å². The quantitative estimate of drug-likeness (QED) is 0.333. The van der Waals surface area contributed by atoms with E-state index in [9.17, 15) is 0 Å². The summed E-state index contributed by atoms with van der Waals surface area (Å²) in [6.07, 6.45) is 1.81. The number of benzene rings is 2. The first-order valence-corrected chi connectivity index (χ1v) is 10.9. The normalized spacial score (nSPS) is 10.9. The molecule has 1 nitrogen and oxygen atoms in total. The summed E-state index contributed by atoms with van der Waals surface area (Å²) in [7, 11) is 0. The van der Waals surface area contributed by atoms with Crippen LogP contribution in [-0.4, -0.2) is 0 Å². The van der Waals surface area contributed by atoms with E-state index >= 15 is 0 Å². The molecule has 0 aliphatic rings. The lowest BCUT2D eigenvalue weighted by Crippen LogP contribution is -1.94. The molecular formula is C24H22OS2. The fourth-order valence-electron chi connectivity index (χ4n) is 3.17. The lowest BCUT2D eigenvalue weighted by atomic mass is 10.0. The van der Waals surface area contributed by atoms with Gasteiger partial charge in [0.05, 0.1) is 0 Å². The lowest BCUT2D eigenvalue weighted by Gasteiger charge is -2.10. The highest BCUT2D eigenvalue weighted by Crippen LogP contribution is 2.41. The van der Waals surface area contributed by atoms with Gasteiger partial charge < -0.3 is 4.74 Å². The molecule has 0 aliphatic carbocycles. The first-order valence-electron chi connectivity index (χ1n) is 9.10. The second kappa shape index (κ2) is 8.12. The zero-order valence-corrected chi connectivity index (χ0v) is 17.2. The Morgan fingerprint density at radius 2 is 1.04 bits per heavy atom. The van der Waals surface area contributed by atoms with Crippen molar-refractivity contribution in [1.29, 1.82) is 0 Å². The van der Waals surface area contributed by atoms with Crippen LogP contribution < -0.4 is 4.74 Å². The van der Waals surface area contributed by atoms with Crippen molar-refractivity contribution in [1.82, 2.24) is 0 Å². The number of hydrogen-bond donors (Lipinski definition) is 0. The van der Waals surface area contributed by atoms with Crippen LogP contribution in [0.1, 0.15) is 33.4 Å². The standard InChI is InChI=1S/C24H22OS2/c1-17-15-26-23(21(17)13-19-9-5-3-6-10-19)25-24-22(18(2)16-27-24)14-20-11-7-4-8-12-20/h3-12,15-16H,13-14H2,1-2H3. The van der Waals surface area contributed by atoms with Crippen molar-refractivity contribution < 1.29 is 4.74 Å². The Balaban J connectivity index is 1.60. The Bertz CT molecular complexity index is 929. The predicted molar refractivity (Wildman–Crippen MR) is 117 cm³/mol. The Kier molecular flexibility index (Phi) is 5.42. The van der Waals surface area contributed by atoms with E-state index in [1.54, 1.807) is 22.7 Å². The molecule has 4 rings (SSSR count). The van der Waals surface area contributed by atoms with Crippen LogP contribution in [0.3, 0.4) is 0 Å². The summed E-state index contributed by atoms with van der Waals surface area (Å²) in [6.45, 7) is 4.35. The zero-order valence-electron chi connectivity index (χ0n) is 15.6. The molecule has 0 bridgehead atoms. The molecular weight excluding hydrogens is 368 g/mol. The minimum absolute atomic E-state index is 0.907. The maximum Gasteiger partial charge on any atom is 0.185 e. The molecule has 0 fully saturated rings. The molecule has 0 unspecified atom stereocenters. The van der Waals surface area contributed by atoms with Crippen LogP contribution in [0.15, 0.2) is 71.4 Å². The van der Waals surface area contributed by atoms with Gasteiger partial charge in [-0.1, -0.05) is 60.7 Å². The summed E-state index contributed by atoms with van der Waals surface area (Å²) in [5.41, 5.74) is 7.82. The largest absolute Gasteiger partial charge is 0.435 e. The van der Waals surface area contributed by atoms with Crippen molar-refractivity contribution in [3.8, 4) is 10.1 Å². The topological polar surface area (TPSA) is 9.23 Å². The van der Waals surface area contributed by atoms with Crippen molar-refractivity contribution >= 4 is 22.7 Å². The molecule has 136 valence electrons. The minimum atomic E-state index is 0.907. The predicted octanol–water partition coefficient (Wildman–Crippen LogP) is 7.40. The van der Waals surface area contributed by atoms with E-state index in [-0.39, 0.29) is 0 Å². The molecule has 0 saturated carbocycles. The van der Waals surface area contributed by atoms with E-state index in [1.807, 2.05) is 0 Å². The van der Waals surface area contributed by atoms with Gasteiger partial charge in [0, 0.05) is 24.0 Å². The van der Waals surface area contributed by atoms with Gasteiger partial charge in [-0.2, -0.15) is 0 Å². The van der Waals surface area contributed by atoms with E-state index in [0.29, 0.717) is 0 Å². The van der Waals surface area contributed by atoms with Crippen LogP contribution in [0.25, 0.3) is 0 Å². The van der Waals surface area contributed by atoms with Gasteiger partial charge in [0.2, 0.25) is 0 Å². The van der Waals surface area contributed by atoms with Gasteiger partial charge in [-0.25, -0.2) is 0 Å². The number of aryl methyl sites for hydroxylation is 2. The molecule has 2 aromatic carbocycles. The smallest absolute Gasteiger partial charge is 0.185 e. The molecule has 4 aromatic rings. The summed E-state index contributed by atoms with van der Waals surface area (Å²) in [4.78, 5) is 0. The van der Waals surface area contributed by atoms with Crippen molar-refractivity contribution in [2.24, 2.45) is 0 Å². The summed E-state index contributed by atoms with van der Waals surface area (Å²) >= 11 is 3.40. The molecule has 0 N–H and O–H groups in total. The first-order chi connectivity index (χ1) is 13.2. The van der Waals surface area contributed by atoms with Gasteiger partial charge >= 0.3 is 0 Å². The number of rotatable bonds is 6. The van der Waals surface area contributed by atoms with Crippen molar-refractivity contribution in [2.45, 2.75) is 26.7 Å². The monoisotopic (exact) mass is 390 g/mol. The van der Waals surface area contributed by atoms with Crippen LogP contribution in [0.4, 0.5) is 0 Å². The lowest BCUT2D eigenvalue weighted by molar-refractivity contribution is 0.500. The van der Waals surface area contributed by atoms with E-state index in [1.165, 1.54) is 33.4 Å². The summed E-state index contributed by atoms with van der Waals surface area (Å²) < 4.78 is 6.46. The Morgan fingerprint density at radius 1 is 0.630 bits per heavy atom. The summed E-state index contributed by atoms with van der Waals surface area (Å²) in [5.74, 6) is 0. The maximum atomic E-state index is 6.46. The van der Waals surface area contributed by atoms with Crippen molar-refractivity contribution in [3.05, 3.63) is 105 Å². The summed E-state index contributed by atoms with van der Waals surface area (Å²) in [5, 5.41) is 6.44. The fourth-order valence-corrected chi connectivity index (χ4v) is 5.09. The molecule has 27 heavy (non-hydrogen) atoms. The van der Waals surface area contributed by atoms with Gasteiger partial charge in [0.1, 0.15) is 0 Å². The van der Waals surface area contributed by atoms with Crippen LogP contribution in [0.5, 0.6) is 10.1 Å². The molecule has 0 spiro atoms. The average Bonchev–Trinajstić information content (AvgIpc) is 3.21. The molecule has 2 heterocycles. The SMILES string of the molecule is Cc1csc(Oc2scc(C)c2Cc2ccccc2)c1Cc1ccccc1. The molecule has 2 aromatic heterocycles. The molecule has 0 saturated heterocycles. The van der Waals surface area contributed by atoms with Crippen molar-refractivity contribution in [3.63, 3.8) is 0 Å². The van der Waals surface area contributed by atoms with Gasteiger partial charge in [0.15, 0.2) is 10.1 Å². The molecule has 0 radical (unpaired) electrons. The van der Waals surface area contributed by atoms with Gasteiger partial charge in [-0.05, 0) is 46.9 Å².